The third-order valence-corrected chi connectivity index (χ3v) is 5.41. The van der Waals surface area contributed by atoms with Crippen LogP contribution in [0.3, 0.4) is 0 Å². The van der Waals surface area contributed by atoms with Crippen LogP contribution in [0.25, 0.3) is 0 Å². The zero-order valence-electron chi connectivity index (χ0n) is 12.5. The minimum absolute atomic E-state index is 0.404. The van der Waals surface area contributed by atoms with E-state index in [1.54, 1.807) is 5.56 Å². The molecule has 0 N–H and O–H groups in total. The number of hydrogen-bond donors (Lipinski definition) is 0. The number of fused-ring (bicyclic) bond motifs is 1. The molecule has 0 unspecified atom stereocenters. The monoisotopic (exact) mass is 258 g/mol. The second-order valence-electron chi connectivity index (χ2n) is 6.61. The van der Waals surface area contributed by atoms with Crippen LogP contribution in [0.2, 0.25) is 0 Å². The van der Waals surface area contributed by atoms with Crippen molar-refractivity contribution in [3.8, 4) is 0 Å². The molecule has 0 saturated carbocycles. The van der Waals surface area contributed by atoms with E-state index in [2.05, 4.69) is 61.0 Å². The Balaban J connectivity index is 1.92. The molecule has 2 saturated heterocycles. The van der Waals surface area contributed by atoms with Gasteiger partial charge in [0.2, 0.25) is 0 Å². The topological polar surface area (TPSA) is 6.48 Å². The van der Waals surface area contributed by atoms with Crippen molar-refractivity contribution in [2.45, 2.75) is 44.2 Å². The summed E-state index contributed by atoms with van der Waals surface area (Å²) in [6, 6.07) is 12.6. The van der Waals surface area contributed by atoms with Gasteiger partial charge in [-0.25, -0.2) is 0 Å². The molecule has 104 valence electrons. The fourth-order valence-corrected chi connectivity index (χ4v) is 4.10. The number of rotatable bonds is 2. The molecular formula is C17H26N2. The summed E-state index contributed by atoms with van der Waals surface area (Å²) in [4.78, 5) is 5.23. The standard InChI is InChI=1S/C17H26N2/c1-14(2)19-12-10-17(15-7-5-4-6-8-15)9-11-18(3)16(17)13-19/h4-8,14,16H,9-13H2,1-3H3/t16-,17+/m0/s1. The Kier molecular flexibility index (Phi) is 3.40. The van der Waals surface area contributed by atoms with E-state index in [9.17, 15) is 0 Å². The van der Waals surface area contributed by atoms with Gasteiger partial charge in [-0.2, -0.15) is 0 Å². The highest BCUT2D eigenvalue weighted by molar-refractivity contribution is 5.31. The summed E-state index contributed by atoms with van der Waals surface area (Å²) in [5.74, 6) is 0. The van der Waals surface area contributed by atoms with Crippen LogP contribution in [0.4, 0.5) is 0 Å². The van der Waals surface area contributed by atoms with Crippen molar-refractivity contribution >= 4 is 0 Å². The lowest BCUT2D eigenvalue weighted by Gasteiger charge is -2.47. The van der Waals surface area contributed by atoms with Crippen LogP contribution in [-0.2, 0) is 5.41 Å². The molecule has 0 radical (unpaired) electrons. The molecule has 0 amide bonds. The molecule has 2 aliphatic heterocycles. The van der Waals surface area contributed by atoms with E-state index in [4.69, 9.17) is 0 Å². The summed E-state index contributed by atoms with van der Waals surface area (Å²) in [6.45, 7) is 8.36. The van der Waals surface area contributed by atoms with Crippen LogP contribution >= 0.6 is 0 Å². The average molecular weight is 258 g/mol. The number of likely N-dealkylation sites (tertiary alicyclic amines) is 2. The minimum Gasteiger partial charge on any atom is -0.301 e. The van der Waals surface area contributed by atoms with Crippen molar-refractivity contribution in [2.75, 3.05) is 26.7 Å². The van der Waals surface area contributed by atoms with E-state index in [0.29, 0.717) is 17.5 Å². The molecular weight excluding hydrogens is 232 g/mol. The maximum Gasteiger partial charge on any atom is 0.0317 e. The highest BCUT2D eigenvalue weighted by Crippen LogP contribution is 2.45. The van der Waals surface area contributed by atoms with Gasteiger partial charge in [0.25, 0.3) is 0 Å². The smallest absolute Gasteiger partial charge is 0.0317 e. The summed E-state index contributed by atoms with van der Waals surface area (Å²) in [5, 5.41) is 0. The molecule has 1 aromatic rings. The predicted octanol–water partition coefficient (Wildman–Crippen LogP) is 2.74. The van der Waals surface area contributed by atoms with Crippen molar-refractivity contribution < 1.29 is 0 Å². The molecule has 2 nitrogen and oxygen atoms in total. The molecule has 0 aliphatic carbocycles. The zero-order chi connectivity index (χ0) is 13.5. The van der Waals surface area contributed by atoms with Crippen LogP contribution < -0.4 is 0 Å². The second-order valence-corrected chi connectivity index (χ2v) is 6.61. The minimum atomic E-state index is 0.404. The molecule has 1 aromatic carbocycles. The first-order chi connectivity index (χ1) is 9.13. The molecule has 2 atom stereocenters. The van der Waals surface area contributed by atoms with Crippen LogP contribution in [0.15, 0.2) is 30.3 Å². The van der Waals surface area contributed by atoms with Gasteiger partial charge in [-0.15, -0.1) is 0 Å². The van der Waals surface area contributed by atoms with Crippen LogP contribution in [-0.4, -0.2) is 48.6 Å². The summed E-state index contributed by atoms with van der Waals surface area (Å²) in [6.07, 6.45) is 2.63. The average Bonchev–Trinajstić information content (AvgIpc) is 2.78. The van der Waals surface area contributed by atoms with Crippen LogP contribution in [0, 0.1) is 0 Å². The second kappa shape index (κ2) is 4.92. The maximum atomic E-state index is 2.65. The molecule has 0 spiro atoms. The SMILES string of the molecule is CC(C)N1CC[C@@]2(c3ccccc3)CCN(C)[C@H]2C1. The number of benzene rings is 1. The lowest BCUT2D eigenvalue weighted by Crippen LogP contribution is -2.56. The third kappa shape index (κ3) is 2.11. The van der Waals surface area contributed by atoms with Gasteiger partial charge in [-0.1, -0.05) is 30.3 Å². The molecule has 3 rings (SSSR count). The number of nitrogens with zero attached hydrogens (tertiary/aromatic N) is 2. The van der Waals surface area contributed by atoms with Crippen LogP contribution in [0.1, 0.15) is 32.3 Å². The summed E-state index contributed by atoms with van der Waals surface area (Å²) in [7, 11) is 2.30. The first-order valence-electron chi connectivity index (χ1n) is 7.63. The highest BCUT2D eigenvalue weighted by atomic mass is 15.3. The molecule has 2 heteroatoms. The van der Waals surface area contributed by atoms with Gasteiger partial charge in [-0.05, 0) is 52.4 Å². The molecule has 2 aliphatic rings. The molecule has 0 aromatic heterocycles. The summed E-state index contributed by atoms with van der Waals surface area (Å²) in [5.41, 5.74) is 1.97. The quantitative estimate of drug-likeness (QED) is 0.805. The fourth-order valence-electron chi connectivity index (χ4n) is 4.10. The Morgan fingerprint density at radius 2 is 1.79 bits per heavy atom. The van der Waals surface area contributed by atoms with E-state index in [0.717, 1.165) is 0 Å². The predicted molar refractivity (Wildman–Crippen MR) is 80.5 cm³/mol. The van der Waals surface area contributed by atoms with Crippen molar-refractivity contribution in [2.24, 2.45) is 0 Å². The molecule has 2 fully saturated rings. The summed E-state index contributed by atoms with van der Waals surface area (Å²) >= 11 is 0. The van der Waals surface area contributed by atoms with Gasteiger partial charge in [0.05, 0.1) is 0 Å². The van der Waals surface area contributed by atoms with E-state index in [1.165, 1.54) is 32.5 Å². The molecule has 19 heavy (non-hydrogen) atoms. The maximum absolute atomic E-state index is 2.65. The van der Waals surface area contributed by atoms with Gasteiger partial charge in [-0.3, -0.25) is 4.90 Å². The van der Waals surface area contributed by atoms with E-state index in [1.807, 2.05) is 0 Å². The van der Waals surface area contributed by atoms with Gasteiger partial charge < -0.3 is 4.90 Å². The van der Waals surface area contributed by atoms with Crippen molar-refractivity contribution in [1.29, 1.82) is 0 Å². The van der Waals surface area contributed by atoms with E-state index in [-0.39, 0.29) is 0 Å². The zero-order valence-corrected chi connectivity index (χ0v) is 12.5. The van der Waals surface area contributed by atoms with Crippen molar-refractivity contribution in [1.82, 2.24) is 9.80 Å². The number of hydrogen-bond acceptors (Lipinski definition) is 2. The first kappa shape index (κ1) is 13.1. The number of piperidine rings is 1. The number of likely N-dealkylation sites (N-methyl/N-ethyl adjacent to an activating group) is 1. The normalized spacial score (nSPS) is 32.7. The Bertz CT molecular complexity index is 428. The van der Waals surface area contributed by atoms with Crippen molar-refractivity contribution in [3.05, 3.63) is 35.9 Å². The van der Waals surface area contributed by atoms with E-state index >= 15 is 0 Å². The van der Waals surface area contributed by atoms with E-state index < -0.39 is 0 Å². The largest absolute Gasteiger partial charge is 0.301 e. The Morgan fingerprint density at radius 3 is 2.47 bits per heavy atom. The van der Waals surface area contributed by atoms with Crippen LogP contribution in [0.5, 0.6) is 0 Å². The molecule has 2 heterocycles. The summed E-state index contributed by atoms with van der Waals surface area (Å²) < 4.78 is 0. The third-order valence-electron chi connectivity index (χ3n) is 5.41. The van der Waals surface area contributed by atoms with Gasteiger partial charge >= 0.3 is 0 Å². The Labute approximate surface area is 117 Å². The highest BCUT2D eigenvalue weighted by Gasteiger charge is 2.50. The van der Waals surface area contributed by atoms with Gasteiger partial charge in [0.15, 0.2) is 0 Å². The first-order valence-corrected chi connectivity index (χ1v) is 7.63. The van der Waals surface area contributed by atoms with Crippen molar-refractivity contribution in [3.63, 3.8) is 0 Å². The van der Waals surface area contributed by atoms with Gasteiger partial charge in [0, 0.05) is 24.0 Å². The molecule has 0 bridgehead atoms. The lowest BCUT2D eigenvalue weighted by atomic mass is 9.69. The fraction of sp³-hybridized carbons (Fsp3) is 0.647. The lowest BCUT2D eigenvalue weighted by molar-refractivity contribution is 0.0761. The van der Waals surface area contributed by atoms with Gasteiger partial charge in [0.1, 0.15) is 0 Å². The Hall–Kier alpha value is -0.860. The Morgan fingerprint density at radius 1 is 1.11 bits per heavy atom.